The molecule has 2 rings (SSSR count). The van der Waals surface area contributed by atoms with E-state index in [9.17, 15) is 0 Å². The van der Waals surface area contributed by atoms with E-state index in [-0.39, 0.29) is 6.10 Å². The molecule has 0 spiro atoms. The van der Waals surface area contributed by atoms with Crippen LogP contribution < -0.4 is 15.8 Å². The van der Waals surface area contributed by atoms with Crippen molar-refractivity contribution in [3.63, 3.8) is 0 Å². The van der Waals surface area contributed by atoms with Gasteiger partial charge in [0.05, 0.1) is 13.2 Å². The minimum atomic E-state index is 0.246. The summed E-state index contributed by atoms with van der Waals surface area (Å²) in [6.45, 7) is 3.55. The molecule has 6 nitrogen and oxygen atoms in total. The number of hydrogen-bond acceptors (Lipinski definition) is 6. The Morgan fingerprint density at radius 3 is 2.94 bits per heavy atom. The number of nitrogens with one attached hydrogen (secondary N) is 1. The third-order valence-electron chi connectivity index (χ3n) is 2.99. The van der Waals surface area contributed by atoms with Crippen LogP contribution >= 0.6 is 0 Å². The Bertz CT molecular complexity index is 405. The maximum atomic E-state index is 5.95. The van der Waals surface area contributed by atoms with Crippen molar-refractivity contribution >= 4 is 11.5 Å². The zero-order chi connectivity index (χ0) is 13.0. The van der Waals surface area contributed by atoms with Gasteiger partial charge >= 0.3 is 0 Å². The summed E-state index contributed by atoms with van der Waals surface area (Å²) in [5.41, 5.74) is 6.40. The quantitative estimate of drug-likeness (QED) is 0.820. The van der Waals surface area contributed by atoms with Crippen LogP contribution in [0.3, 0.4) is 0 Å². The molecule has 0 amide bonds. The molecule has 1 aromatic rings. The topological polar surface area (TPSA) is 82.3 Å². The monoisotopic (exact) mass is 252 g/mol. The van der Waals surface area contributed by atoms with Crippen molar-refractivity contribution in [2.24, 2.45) is 0 Å². The second-order valence-electron chi connectivity index (χ2n) is 4.28. The number of rotatable bonds is 5. The van der Waals surface area contributed by atoms with Gasteiger partial charge in [0.1, 0.15) is 11.5 Å². The SMILES string of the molecule is CCc1nc(NCC2CCCO2)c(N)c(OC)n1. The van der Waals surface area contributed by atoms with Gasteiger partial charge in [0, 0.05) is 19.6 Å². The number of aryl methyl sites for hydroxylation is 1. The van der Waals surface area contributed by atoms with Gasteiger partial charge in [-0.2, -0.15) is 4.98 Å². The zero-order valence-corrected chi connectivity index (χ0v) is 10.9. The molecule has 0 radical (unpaired) electrons. The first-order chi connectivity index (χ1) is 8.74. The van der Waals surface area contributed by atoms with E-state index in [0.29, 0.717) is 23.9 Å². The summed E-state index contributed by atoms with van der Waals surface area (Å²) in [7, 11) is 1.56. The minimum Gasteiger partial charge on any atom is -0.479 e. The van der Waals surface area contributed by atoms with Crippen molar-refractivity contribution in [2.75, 3.05) is 31.3 Å². The lowest BCUT2D eigenvalue weighted by molar-refractivity contribution is 0.120. The molecule has 2 heterocycles. The van der Waals surface area contributed by atoms with E-state index in [1.54, 1.807) is 7.11 Å². The summed E-state index contributed by atoms with van der Waals surface area (Å²) in [5, 5.41) is 3.22. The highest BCUT2D eigenvalue weighted by molar-refractivity contribution is 5.66. The van der Waals surface area contributed by atoms with Gasteiger partial charge in [0.25, 0.3) is 0 Å². The second kappa shape index (κ2) is 5.86. The molecule has 1 aliphatic heterocycles. The highest BCUT2D eigenvalue weighted by Gasteiger charge is 2.17. The Morgan fingerprint density at radius 1 is 1.50 bits per heavy atom. The van der Waals surface area contributed by atoms with Gasteiger partial charge in [0.2, 0.25) is 5.88 Å². The number of nitrogens with zero attached hydrogens (tertiary/aromatic N) is 2. The first kappa shape index (κ1) is 12.9. The Hall–Kier alpha value is -1.56. The van der Waals surface area contributed by atoms with Gasteiger partial charge in [-0.05, 0) is 12.8 Å². The van der Waals surface area contributed by atoms with Crippen LogP contribution in [0.5, 0.6) is 5.88 Å². The lowest BCUT2D eigenvalue weighted by Gasteiger charge is -2.14. The van der Waals surface area contributed by atoms with Crippen molar-refractivity contribution in [3.05, 3.63) is 5.82 Å². The van der Waals surface area contributed by atoms with Crippen LogP contribution in [0.25, 0.3) is 0 Å². The van der Waals surface area contributed by atoms with E-state index in [2.05, 4.69) is 15.3 Å². The molecule has 3 N–H and O–H groups in total. The van der Waals surface area contributed by atoms with E-state index in [1.807, 2.05) is 6.92 Å². The smallest absolute Gasteiger partial charge is 0.242 e. The largest absolute Gasteiger partial charge is 0.479 e. The van der Waals surface area contributed by atoms with Gasteiger partial charge in [-0.25, -0.2) is 4.98 Å². The Kier molecular flexibility index (Phi) is 4.19. The van der Waals surface area contributed by atoms with Crippen LogP contribution in [0, 0.1) is 0 Å². The molecule has 0 saturated carbocycles. The minimum absolute atomic E-state index is 0.246. The van der Waals surface area contributed by atoms with E-state index in [0.717, 1.165) is 31.7 Å². The third-order valence-corrected chi connectivity index (χ3v) is 2.99. The van der Waals surface area contributed by atoms with Crippen LogP contribution in [0.1, 0.15) is 25.6 Å². The molecule has 18 heavy (non-hydrogen) atoms. The molecule has 0 aliphatic carbocycles. The highest BCUT2D eigenvalue weighted by atomic mass is 16.5. The molecule has 0 aromatic carbocycles. The highest BCUT2D eigenvalue weighted by Crippen LogP contribution is 2.26. The van der Waals surface area contributed by atoms with Crippen LogP contribution in [-0.2, 0) is 11.2 Å². The Morgan fingerprint density at radius 2 is 2.33 bits per heavy atom. The molecule has 0 bridgehead atoms. The van der Waals surface area contributed by atoms with E-state index >= 15 is 0 Å². The van der Waals surface area contributed by atoms with Crippen molar-refractivity contribution in [2.45, 2.75) is 32.3 Å². The standard InChI is InChI=1S/C12H20N4O2/c1-3-9-15-11(10(13)12(16-9)17-2)14-7-8-5-4-6-18-8/h8H,3-7,13H2,1-2H3,(H,14,15,16). The number of nitrogen functional groups attached to an aromatic ring is 1. The van der Waals surface area contributed by atoms with Crippen LogP contribution in [-0.4, -0.2) is 36.3 Å². The average molecular weight is 252 g/mol. The molecule has 1 aromatic heterocycles. The van der Waals surface area contributed by atoms with Gasteiger partial charge < -0.3 is 20.5 Å². The maximum absolute atomic E-state index is 5.95. The molecule has 6 heteroatoms. The number of anilines is 2. The summed E-state index contributed by atoms with van der Waals surface area (Å²) in [4.78, 5) is 8.60. The second-order valence-corrected chi connectivity index (χ2v) is 4.28. The van der Waals surface area contributed by atoms with Crippen molar-refractivity contribution in [3.8, 4) is 5.88 Å². The Balaban J connectivity index is 2.09. The molecule has 1 aliphatic rings. The van der Waals surface area contributed by atoms with Crippen LogP contribution in [0.15, 0.2) is 0 Å². The van der Waals surface area contributed by atoms with E-state index < -0.39 is 0 Å². The number of ether oxygens (including phenoxy) is 2. The van der Waals surface area contributed by atoms with Crippen molar-refractivity contribution in [1.82, 2.24) is 9.97 Å². The number of methoxy groups -OCH3 is 1. The fraction of sp³-hybridized carbons (Fsp3) is 0.667. The third kappa shape index (κ3) is 2.81. The van der Waals surface area contributed by atoms with Gasteiger partial charge in [-0.1, -0.05) is 6.92 Å². The summed E-state index contributed by atoms with van der Waals surface area (Å²) in [6, 6.07) is 0. The van der Waals surface area contributed by atoms with E-state index in [4.69, 9.17) is 15.2 Å². The van der Waals surface area contributed by atoms with Gasteiger partial charge in [-0.15, -0.1) is 0 Å². The van der Waals surface area contributed by atoms with E-state index in [1.165, 1.54) is 0 Å². The predicted octanol–water partition coefficient (Wildman–Crippen LogP) is 1.22. The van der Waals surface area contributed by atoms with Crippen molar-refractivity contribution < 1.29 is 9.47 Å². The molecule has 1 atom stereocenters. The molecule has 1 fully saturated rings. The molecular formula is C12H20N4O2. The molecule has 1 unspecified atom stereocenters. The predicted molar refractivity (Wildman–Crippen MR) is 69.8 cm³/mol. The summed E-state index contributed by atoms with van der Waals surface area (Å²) in [5.74, 6) is 1.78. The fourth-order valence-corrected chi connectivity index (χ4v) is 1.96. The maximum Gasteiger partial charge on any atom is 0.242 e. The number of aromatic nitrogens is 2. The van der Waals surface area contributed by atoms with Crippen LogP contribution in [0.4, 0.5) is 11.5 Å². The number of nitrogens with two attached hydrogens (primary N) is 1. The fourth-order valence-electron chi connectivity index (χ4n) is 1.96. The summed E-state index contributed by atoms with van der Waals surface area (Å²) in [6.07, 6.45) is 3.19. The number of hydrogen-bond donors (Lipinski definition) is 2. The lowest BCUT2D eigenvalue weighted by Crippen LogP contribution is -2.20. The average Bonchev–Trinajstić information content (AvgIpc) is 2.90. The first-order valence-corrected chi connectivity index (χ1v) is 6.30. The summed E-state index contributed by atoms with van der Waals surface area (Å²) < 4.78 is 10.7. The first-order valence-electron chi connectivity index (χ1n) is 6.30. The molecule has 1 saturated heterocycles. The zero-order valence-electron chi connectivity index (χ0n) is 10.9. The molecule has 100 valence electrons. The van der Waals surface area contributed by atoms with Crippen LogP contribution in [0.2, 0.25) is 0 Å². The van der Waals surface area contributed by atoms with Gasteiger partial charge in [0.15, 0.2) is 5.82 Å². The molecular weight excluding hydrogens is 232 g/mol. The summed E-state index contributed by atoms with van der Waals surface area (Å²) >= 11 is 0. The van der Waals surface area contributed by atoms with Gasteiger partial charge in [-0.3, -0.25) is 0 Å². The normalized spacial score (nSPS) is 18.9. The van der Waals surface area contributed by atoms with Crippen molar-refractivity contribution in [1.29, 1.82) is 0 Å². The Labute approximate surface area is 107 Å². The lowest BCUT2D eigenvalue weighted by atomic mass is 10.2.